The molecule has 0 fully saturated rings. The van der Waals surface area contributed by atoms with E-state index in [0.29, 0.717) is 5.56 Å². The highest BCUT2D eigenvalue weighted by Crippen LogP contribution is 2.17. The first-order chi connectivity index (χ1) is 7.84. The number of alkyl halides is 3. The van der Waals surface area contributed by atoms with Crippen molar-refractivity contribution in [1.29, 1.82) is 0 Å². The third-order valence-electron chi connectivity index (χ3n) is 1.82. The van der Waals surface area contributed by atoms with Crippen molar-refractivity contribution in [3.63, 3.8) is 0 Å². The van der Waals surface area contributed by atoms with Crippen molar-refractivity contribution in [3.05, 3.63) is 35.4 Å². The zero-order valence-corrected chi connectivity index (χ0v) is 8.45. The van der Waals surface area contributed by atoms with E-state index in [1.54, 1.807) is 6.07 Å². The molecule has 0 heterocycles. The molecule has 0 unspecified atom stereocenters. The van der Waals surface area contributed by atoms with Gasteiger partial charge >= 0.3 is 18.1 Å². The van der Waals surface area contributed by atoms with Crippen LogP contribution in [-0.2, 0) is 16.1 Å². The highest BCUT2D eigenvalue weighted by atomic mass is 19.4. The van der Waals surface area contributed by atoms with Crippen LogP contribution < -0.4 is 5.73 Å². The molecule has 1 aromatic rings. The molecular weight excluding hydrogens is 239 g/mol. The molecule has 0 spiro atoms. The van der Waals surface area contributed by atoms with E-state index >= 15 is 0 Å². The van der Waals surface area contributed by atoms with Crippen molar-refractivity contribution in [2.75, 3.05) is 0 Å². The molecule has 0 aliphatic rings. The second-order valence-electron chi connectivity index (χ2n) is 3.08. The standard InChI is InChI=1S/C10H8F3NO3/c11-10(12,13)9(16)17-8(15)7-3-1-2-6(4-7)5-14/h1-4H,5,14H2. The van der Waals surface area contributed by atoms with E-state index < -0.39 is 18.1 Å². The molecule has 1 rings (SSSR count). The Bertz CT molecular complexity index is 443. The van der Waals surface area contributed by atoms with Crippen LogP contribution in [-0.4, -0.2) is 18.1 Å². The molecule has 4 nitrogen and oxygen atoms in total. The van der Waals surface area contributed by atoms with Crippen LogP contribution >= 0.6 is 0 Å². The molecule has 92 valence electrons. The van der Waals surface area contributed by atoms with E-state index in [1.807, 2.05) is 0 Å². The van der Waals surface area contributed by atoms with E-state index in [4.69, 9.17) is 5.73 Å². The minimum absolute atomic E-state index is 0.119. The van der Waals surface area contributed by atoms with Crippen LogP contribution in [0.2, 0.25) is 0 Å². The van der Waals surface area contributed by atoms with Crippen molar-refractivity contribution in [2.24, 2.45) is 5.73 Å². The number of carbonyl (C=O) groups is 2. The van der Waals surface area contributed by atoms with Crippen molar-refractivity contribution < 1.29 is 27.5 Å². The third kappa shape index (κ3) is 3.56. The topological polar surface area (TPSA) is 69.4 Å². The molecule has 0 bridgehead atoms. The second-order valence-corrected chi connectivity index (χ2v) is 3.08. The van der Waals surface area contributed by atoms with E-state index in [-0.39, 0.29) is 12.1 Å². The van der Waals surface area contributed by atoms with Gasteiger partial charge in [-0.15, -0.1) is 0 Å². The molecule has 0 saturated carbocycles. The highest BCUT2D eigenvalue weighted by Gasteiger charge is 2.42. The van der Waals surface area contributed by atoms with Gasteiger partial charge in [-0.25, -0.2) is 9.59 Å². The van der Waals surface area contributed by atoms with Gasteiger partial charge in [-0.3, -0.25) is 0 Å². The van der Waals surface area contributed by atoms with Crippen LogP contribution in [0, 0.1) is 0 Å². The molecule has 0 amide bonds. The summed E-state index contributed by atoms with van der Waals surface area (Å²) in [5.41, 5.74) is 5.67. The summed E-state index contributed by atoms with van der Waals surface area (Å²) in [7, 11) is 0. The minimum atomic E-state index is -5.19. The van der Waals surface area contributed by atoms with Gasteiger partial charge in [0.15, 0.2) is 0 Å². The maximum absolute atomic E-state index is 11.8. The van der Waals surface area contributed by atoms with Crippen LogP contribution in [0.3, 0.4) is 0 Å². The van der Waals surface area contributed by atoms with Crippen LogP contribution in [0.4, 0.5) is 13.2 Å². The lowest BCUT2D eigenvalue weighted by atomic mass is 10.1. The smallest absolute Gasteiger partial charge is 0.383 e. The van der Waals surface area contributed by atoms with E-state index in [0.717, 1.165) is 0 Å². The first-order valence-corrected chi connectivity index (χ1v) is 4.47. The Morgan fingerprint density at radius 3 is 2.47 bits per heavy atom. The zero-order valence-electron chi connectivity index (χ0n) is 8.45. The van der Waals surface area contributed by atoms with Gasteiger partial charge in [0.1, 0.15) is 0 Å². The lowest BCUT2D eigenvalue weighted by Crippen LogP contribution is -2.28. The van der Waals surface area contributed by atoms with Crippen molar-refractivity contribution >= 4 is 11.9 Å². The van der Waals surface area contributed by atoms with E-state index in [1.165, 1.54) is 18.2 Å². The number of halogens is 3. The number of nitrogens with two attached hydrogens (primary N) is 1. The quantitative estimate of drug-likeness (QED) is 0.633. The fraction of sp³-hybridized carbons (Fsp3) is 0.200. The number of esters is 2. The van der Waals surface area contributed by atoms with Crippen LogP contribution in [0.1, 0.15) is 15.9 Å². The summed E-state index contributed by atoms with van der Waals surface area (Å²) in [6.07, 6.45) is -5.19. The molecule has 2 N–H and O–H groups in total. The Morgan fingerprint density at radius 1 is 1.29 bits per heavy atom. The van der Waals surface area contributed by atoms with Gasteiger partial charge in [0.25, 0.3) is 0 Å². The molecule has 0 saturated heterocycles. The van der Waals surface area contributed by atoms with Crippen LogP contribution in [0.15, 0.2) is 24.3 Å². The SMILES string of the molecule is NCc1cccc(C(=O)OC(=O)C(F)(F)F)c1. The van der Waals surface area contributed by atoms with Gasteiger partial charge in [-0.2, -0.15) is 13.2 Å². The Morgan fingerprint density at radius 2 is 1.94 bits per heavy atom. The summed E-state index contributed by atoms with van der Waals surface area (Å²) in [5, 5.41) is 0. The fourth-order valence-corrected chi connectivity index (χ4v) is 1.03. The number of carbonyl (C=O) groups excluding carboxylic acids is 2. The molecule has 1 aromatic carbocycles. The molecule has 0 aliphatic carbocycles. The Balaban J connectivity index is 2.80. The molecular formula is C10H8F3NO3. The van der Waals surface area contributed by atoms with Gasteiger partial charge in [-0.1, -0.05) is 12.1 Å². The maximum Gasteiger partial charge on any atom is 0.491 e. The Kier molecular flexibility index (Phi) is 3.84. The summed E-state index contributed by atoms with van der Waals surface area (Å²) < 4.78 is 39.1. The Labute approximate surface area is 94.2 Å². The van der Waals surface area contributed by atoms with Gasteiger partial charge in [-0.05, 0) is 17.7 Å². The molecule has 17 heavy (non-hydrogen) atoms. The predicted octanol–water partition coefficient (Wildman–Crippen LogP) is 1.39. The second kappa shape index (κ2) is 4.96. The Hall–Kier alpha value is -1.89. The van der Waals surface area contributed by atoms with Crippen molar-refractivity contribution in [1.82, 2.24) is 0 Å². The number of ether oxygens (including phenoxy) is 1. The van der Waals surface area contributed by atoms with Gasteiger partial charge in [0.2, 0.25) is 0 Å². The first kappa shape index (κ1) is 13.2. The summed E-state index contributed by atoms with van der Waals surface area (Å²) in [6.45, 7) is 0.119. The minimum Gasteiger partial charge on any atom is -0.383 e. The molecule has 7 heteroatoms. The molecule has 0 aromatic heterocycles. The summed E-state index contributed by atoms with van der Waals surface area (Å²) in [4.78, 5) is 21.6. The van der Waals surface area contributed by atoms with E-state index in [9.17, 15) is 22.8 Å². The largest absolute Gasteiger partial charge is 0.491 e. The third-order valence-corrected chi connectivity index (χ3v) is 1.82. The lowest BCUT2D eigenvalue weighted by Gasteiger charge is -2.06. The molecule has 0 radical (unpaired) electrons. The average Bonchev–Trinajstić information content (AvgIpc) is 2.27. The monoisotopic (exact) mass is 247 g/mol. The number of hydrogen-bond donors (Lipinski definition) is 1. The maximum atomic E-state index is 11.8. The number of benzene rings is 1. The lowest BCUT2D eigenvalue weighted by molar-refractivity contribution is -0.193. The average molecular weight is 247 g/mol. The van der Waals surface area contributed by atoms with Crippen LogP contribution in [0.5, 0.6) is 0 Å². The van der Waals surface area contributed by atoms with Crippen LogP contribution in [0.25, 0.3) is 0 Å². The molecule has 0 aliphatic heterocycles. The highest BCUT2D eigenvalue weighted by molar-refractivity contribution is 5.98. The van der Waals surface area contributed by atoms with Gasteiger partial charge < -0.3 is 10.5 Å². The van der Waals surface area contributed by atoms with Gasteiger partial charge in [0, 0.05) is 6.54 Å². The van der Waals surface area contributed by atoms with Gasteiger partial charge in [0.05, 0.1) is 5.56 Å². The van der Waals surface area contributed by atoms with E-state index in [2.05, 4.69) is 4.74 Å². The number of hydrogen-bond acceptors (Lipinski definition) is 4. The zero-order chi connectivity index (χ0) is 13.1. The first-order valence-electron chi connectivity index (χ1n) is 4.47. The summed E-state index contributed by atoms with van der Waals surface area (Å²) in [5.74, 6) is -3.90. The normalized spacial score (nSPS) is 11.1. The predicted molar refractivity (Wildman–Crippen MR) is 50.8 cm³/mol. The molecule has 0 atom stereocenters. The van der Waals surface area contributed by atoms with Crippen molar-refractivity contribution in [3.8, 4) is 0 Å². The summed E-state index contributed by atoms with van der Waals surface area (Å²) in [6, 6.07) is 5.50. The fourth-order valence-electron chi connectivity index (χ4n) is 1.03. The van der Waals surface area contributed by atoms with Crippen molar-refractivity contribution in [2.45, 2.75) is 12.7 Å². The number of rotatable bonds is 2. The summed E-state index contributed by atoms with van der Waals surface area (Å²) >= 11 is 0.